The minimum absolute atomic E-state index is 0.941. The Kier molecular flexibility index (Phi) is 3.10. The zero-order valence-corrected chi connectivity index (χ0v) is 10.1. The molecule has 0 radical (unpaired) electrons. The van der Waals surface area contributed by atoms with E-state index >= 15 is 0 Å². The summed E-state index contributed by atoms with van der Waals surface area (Å²) in [6.45, 7) is 2.07. The van der Waals surface area contributed by atoms with E-state index in [1.54, 1.807) is 0 Å². The quantitative estimate of drug-likeness (QED) is 0.748. The Hall–Kier alpha value is -1.35. The molecule has 3 rings (SSSR count). The summed E-state index contributed by atoms with van der Waals surface area (Å²) in [5, 5.41) is 4.75. The van der Waals surface area contributed by atoms with E-state index in [0.29, 0.717) is 0 Å². The Morgan fingerprint density at radius 2 is 2.35 bits per heavy atom. The molecule has 1 aliphatic rings. The highest BCUT2D eigenvalue weighted by Crippen LogP contribution is 2.33. The SMILES string of the molecule is c1cnc2[nH]cc(CNCCCC3CC3)c2c1. The van der Waals surface area contributed by atoms with Crippen molar-refractivity contribution in [3.8, 4) is 0 Å². The van der Waals surface area contributed by atoms with Gasteiger partial charge in [0.2, 0.25) is 0 Å². The number of hydrogen-bond acceptors (Lipinski definition) is 2. The average Bonchev–Trinajstić information content (AvgIpc) is 3.09. The van der Waals surface area contributed by atoms with E-state index in [9.17, 15) is 0 Å². The Morgan fingerprint density at radius 1 is 1.41 bits per heavy atom. The number of nitrogens with one attached hydrogen (secondary N) is 2. The van der Waals surface area contributed by atoms with Gasteiger partial charge in [-0.2, -0.15) is 0 Å². The molecule has 0 bridgehead atoms. The van der Waals surface area contributed by atoms with Crippen molar-refractivity contribution in [2.45, 2.75) is 32.2 Å². The van der Waals surface area contributed by atoms with Crippen LogP contribution in [0.25, 0.3) is 11.0 Å². The average molecular weight is 229 g/mol. The predicted molar refractivity (Wildman–Crippen MR) is 69.8 cm³/mol. The molecule has 3 nitrogen and oxygen atoms in total. The van der Waals surface area contributed by atoms with Crippen LogP contribution in [0.4, 0.5) is 0 Å². The van der Waals surface area contributed by atoms with E-state index in [-0.39, 0.29) is 0 Å². The molecule has 1 saturated carbocycles. The first-order valence-corrected chi connectivity index (χ1v) is 6.55. The Balaban J connectivity index is 1.50. The van der Waals surface area contributed by atoms with Gasteiger partial charge in [-0.15, -0.1) is 0 Å². The molecule has 1 aliphatic carbocycles. The molecule has 0 amide bonds. The maximum absolute atomic E-state index is 4.29. The first kappa shape index (κ1) is 10.8. The first-order valence-electron chi connectivity index (χ1n) is 6.55. The molecule has 0 atom stereocenters. The van der Waals surface area contributed by atoms with Crippen molar-refractivity contribution in [1.29, 1.82) is 0 Å². The molecule has 2 N–H and O–H groups in total. The molecule has 0 aromatic carbocycles. The third-order valence-corrected chi connectivity index (χ3v) is 3.52. The van der Waals surface area contributed by atoms with Crippen molar-refractivity contribution < 1.29 is 0 Å². The highest BCUT2D eigenvalue weighted by atomic mass is 14.9. The second-order valence-corrected chi connectivity index (χ2v) is 4.98. The van der Waals surface area contributed by atoms with Crippen LogP contribution in [-0.4, -0.2) is 16.5 Å². The lowest BCUT2D eigenvalue weighted by molar-refractivity contribution is 0.595. The van der Waals surface area contributed by atoms with Crippen molar-refractivity contribution in [3.05, 3.63) is 30.1 Å². The third-order valence-electron chi connectivity index (χ3n) is 3.52. The molecule has 0 saturated heterocycles. The van der Waals surface area contributed by atoms with Crippen molar-refractivity contribution >= 4 is 11.0 Å². The molecule has 0 unspecified atom stereocenters. The number of aromatic nitrogens is 2. The topological polar surface area (TPSA) is 40.7 Å². The van der Waals surface area contributed by atoms with Crippen LogP contribution in [-0.2, 0) is 6.54 Å². The van der Waals surface area contributed by atoms with E-state index < -0.39 is 0 Å². The van der Waals surface area contributed by atoms with Gasteiger partial charge in [-0.3, -0.25) is 0 Å². The third kappa shape index (κ3) is 2.67. The molecule has 0 spiro atoms. The second kappa shape index (κ2) is 4.88. The van der Waals surface area contributed by atoms with Crippen LogP contribution in [0.2, 0.25) is 0 Å². The smallest absolute Gasteiger partial charge is 0.137 e. The molecule has 90 valence electrons. The lowest BCUT2D eigenvalue weighted by atomic mass is 10.2. The molecule has 17 heavy (non-hydrogen) atoms. The van der Waals surface area contributed by atoms with Gasteiger partial charge in [0.15, 0.2) is 0 Å². The van der Waals surface area contributed by atoms with Crippen molar-refractivity contribution in [1.82, 2.24) is 15.3 Å². The molecular formula is C14H19N3. The zero-order valence-electron chi connectivity index (χ0n) is 10.1. The fourth-order valence-corrected chi connectivity index (χ4v) is 2.30. The van der Waals surface area contributed by atoms with Gasteiger partial charge in [0.05, 0.1) is 0 Å². The maximum Gasteiger partial charge on any atom is 0.137 e. The van der Waals surface area contributed by atoms with E-state index in [1.807, 2.05) is 12.3 Å². The molecule has 2 aromatic rings. The van der Waals surface area contributed by atoms with Gasteiger partial charge >= 0.3 is 0 Å². The van der Waals surface area contributed by atoms with Crippen molar-refractivity contribution in [3.63, 3.8) is 0 Å². The van der Waals surface area contributed by atoms with E-state index in [2.05, 4.69) is 27.5 Å². The van der Waals surface area contributed by atoms with Crippen LogP contribution >= 0.6 is 0 Å². The van der Waals surface area contributed by atoms with Crippen LogP contribution in [0, 0.1) is 5.92 Å². The predicted octanol–water partition coefficient (Wildman–Crippen LogP) is 2.84. The van der Waals surface area contributed by atoms with E-state index in [0.717, 1.165) is 24.7 Å². The number of hydrogen-bond donors (Lipinski definition) is 2. The van der Waals surface area contributed by atoms with Gasteiger partial charge in [-0.05, 0) is 43.0 Å². The molecule has 1 fully saturated rings. The minimum Gasteiger partial charge on any atom is -0.346 e. The first-order chi connectivity index (χ1) is 8.43. The van der Waals surface area contributed by atoms with Gasteiger partial charge in [0.1, 0.15) is 5.65 Å². The summed E-state index contributed by atoms with van der Waals surface area (Å²) in [5.41, 5.74) is 2.31. The highest BCUT2D eigenvalue weighted by molar-refractivity contribution is 5.79. The fourth-order valence-electron chi connectivity index (χ4n) is 2.30. The number of fused-ring (bicyclic) bond motifs is 1. The normalized spacial score (nSPS) is 15.5. The van der Waals surface area contributed by atoms with E-state index in [1.165, 1.54) is 36.6 Å². The van der Waals surface area contributed by atoms with Crippen LogP contribution in [0.3, 0.4) is 0 Å². The van der Waals surface area contributed by atoms with Crippen LogP contribution in [0.1, 0.15) is 31.2 Å². The summed E-state index contributed by atoms with van der Waals surface area (Å²) in [4.78, 5) is 7.50. The van der Waals surface area contributed by atoms with Crippen LogP contribution < -0.4 is 5.32 Å². The molecule has 2 heterocycles. The van der Waals surface area contributed by atoms with Gasteiger partial charge in [-0.1, -0.05) is 12.8 Å². The largest absolute Gasteiger partial charge is 0.346 e. The maximum atomic E-state index is 4.29. The summed E-state index contributed by atoms with van der Waals surface area (Å²) in [5.74, 6) is 1.05. The molecule has 2 aromatic heterocycles. The number of aromatic amines is 1. The molecule has 3 heteroatoms. The highest BCUT2D eigenvalue weighted by Gasteiger charge is 2.19. The summed E-state index contributed by atoms with van der Waals surface area (Å²) >= 11 is 0. The second-order valence-electron chi connectivity index (χ2n) is 4.98. The molecular weight excluding hydrogens is 210 g/mol. The summed E-state index contributed by atoms with van der Waals surface area (Å²) < 4.78 is 0. The van der Waals surface area contributed by atoms with Gasteiger partial charge in [0, 0.05) is 24.3 Å². The lowest BCUT2D eigenvalue weighted by Crippen LogP contribution is -2.14. The van der Waals surface area contributed by atoms with Crippen molar-refractivity contribution in [2.75, 3.05) is 6.54 Å². The summed E-state index contributed by atoms with van der Waals surface area (Å²) in [6.07, 6.45) is 9.53. The van der Waals surface area contributed by atoms with Gasteiger partial charge in [-0.25, -0.2) is 4.98 Å². The minimum atomic E-state index is 0.941. The monoisotopic (exact) mass is 229 g/mol. The van der Waals surface area contributed by atoms with E-state index in [4.69, 9.17) is 0 Å². The van der Waals surface area contributed by atoms with Crippen LogP contribution in [0.5, 0.6) is 0 Å². The zero-order chi connectivity index (χ0) is 11.5. The van der Waals surface area contributed by atoms with Crippen LogP contribution in [0.15, 0.2) is 24.5 Å². The van der Waals surface area contributed by atoms with Crippen molar-refractivity contribution in [2.24, 2.45) is 5.92 Å². The van der Waals surface area contributed by atoms with Gasteiger partial charge < -0.3 is 10.3 Å². The van der Waals surface area contributed by atoms with Gasteiger partial charge in [0.25, 0.3) is 0 Å². The standard InChI is InChI=1S/C14H19N3/c1(3-11-5-6-11)7-15-9-12-10-17-14-13(12)4-2-8-16-14/h2,4,8,10-11,15H,1,3,5-7,9H2,(H,16,17). The Labute approximate surface area is 102 Å². The number of H-pyrrole nitrogens is 1. The Morgan fingerprint density at radius 3 is 3.24 bits per heavy atom. The number of nitrogens with zero attached hydrogens (tertiary/aromatic N) is 1. The fraction of sp³-hybridized carbons (Fsp3) is 0.500. The Bertz CT molecular complexity index is 485. The molecule has 0 aliphatic heterocycles. The lowest BCUT2D eigenvalue weighted by Gasteiger charge is -2.03. The summed E-state index contributed by atoms with van der Waals surface area (Å²) in [7, 11) is 0. The number of pyridine rings is 1. The number of rotatable bonds is 6. The summed E-state index contributed by atoms with van der Waals surface area (Å²) in [6, 6.07) is 4.12.